The standard InChI is InChI=1S/C52H72N24O7/c1-3-70-21-32(55-25-70)9-13-53-50-64-46(40-48(66-50)73(27-57-40)36-17-38(44(81)42(36)79)75-59-19-34(23-77)68-75)61-29-5-7-30(8-6-29)63-52(83)72-15-11-31(12-16-72)62-47-41-49(67-51(65-47)54-14-10-33-22-71(4-2)26-56-33)74(28-58-41)37-18-39(45(82)43(37)80)76-60-20-35(24-78)69-76/h19-22,25-31,36-39,42-45,77-82H,3-18,23-24H2,1-2H3,(H,63,83)(H2,53,61,64,66)(H2,54,62,65,67)/t29-,30-,36-,37-,38+,39+,42+,43+,44-,45-/m1/s1. The van der Waals surface area contributed by atoms with Crippen molar-refractivity contribution in [2.45, 2.75) is 171 Å². The summed E-state index contributed by atoms with van der Waals surface area (Å²) in [6.07, 6.45) is 15.1. The highest BCUT2D eigenvalue weighted by atomic mass is 16.3. The van der Waals surface area contributed by atoms with Crippen molar-refractivity contribution in [3.05, 3.63) is 72.9 Å². The minimum absolute atomic E-state index is 0.0157. The zero-order chi connectivity index (χ0) is 57.3. The molecule has 0 aromatic carbocycles. The Balaban J connectivity index is 0.682. The van der Waals surface area contributed by atoms with Crippen molar-refractivity contribution >= 4 is 51.9 Å². The Morgan fingerprint density at radius 3 is 1.43 bits per heavy atom. The van der Waals surface area contributed by atoms with Crippen molar-refractivity contribution in [1.29, 1.82) is 0 Å². The van der Waals surface area contributed by atoms with E-state index in [0.717, 1.165) is 50.2 Å². The van der Waals surface area contributed by atoms with Gasteiger partial charge in [0.25, 0.3) is 0 Å². The molecule has 1 saturated heterocycles. The predicted octanol–water partition coefficient (Wildman–Crippen LogP) is 0.701. The van der Waals surface area contributed by atoms with Crippen LogP contribution in [0.5, 0.6) is 0 Å². The first-order valence-electron chi connectivity index (χ1n) is 28.8. The molecule has 4 aliphatic rings. The molecule has 8 aromatic heterocycles. The number of urea groups is 1. The molecule has 31 heteroatoms. The highest BCUT2D eigenvalue weighted by Crippen LogP contribution is 2.42. The van der Waals surface area contributed by atoms with Crippen LogP contribution in [0.1, 0.15) is 112 Å². The number of aliphatic hydroxyl groups excluding tert-OH is 6. The largest absolute Gasteiger partial charge is 0.390 e. The van der Waals surface area contributed by atoms with Gasteiger partial charge in [-0.15, -0.1) is 0 Å². The number of amides is 2. The molecule has 8 atom stereocenters. The lowest BCUT2D eigenvalue weighted by molar-refractivity contribution is 0.00491. The predicted molar refractivity (Wildman–Crippen MR) is 299 cm³/mol. The molecule has 83 heavy (non-hydrogen) atoms. The summed E-state index contributed by atoms with van der Waals surface area (Å²) < 4.78 is 7.58. The number of nitrogens with one attached hydrogen (secondary N) is 5. The lowest BCUT2D eigenvalue weighted by atomic mass is 9.91. The molecular formula is C52H72N24O7. The zero-order valence-electron chi connectivity index (χ0n) is 46.3. The highest BCUT2D eigenvalue weighted by molar-refractivity contribution is 5.85. The van der Waals surface area contributed by atoms with Gasteiger partial charge in [0, 0.05) is 82.6 Å². The molecule has 0 unspecified atom stereocenters. The summed E-state index contributed by atoms with van der Waals surface area (Å²) >= 11 is 0. The second kappa shape index (κ2) is 24.1. The molecule has 2 amide bonds. The smallest absolute Gasteiger partial charge is 0.317 e. The molecule has 31 nitrogen and oxygen atoms in total. The van der Waals surface area contributed by atoms with E-state index in [1.165, 1.54) is 22.0 Å². The third-order valence-corrected chi connectivity index (χ3v) is 16.8. The van der Waals surface area contributed by atoms with E-state index in [1.807, 2.05) is 39.1 Å². The quantitative estimate of drug-likeness (QED) is 0.0472. The van der Waals surface area contributed by atoms with Crippen LogP contribution >= 0.6 is 0 Å². The SMILES string of the molecule is CCn1cnc(CCNc2nc(NC3CCN(C(=O)N[C@H]4CC[C@H](Nc5nc(NCCc6cn(CC)cn6)nc6c5ncn6[C@@H]5C[C@H](n6ncc(CO)n6)[C@@H](O)[C@H]5O)CC4)CC3)c3ncn([C@@H]4C[C@H](n5ncc(CO)n5)[C@@H](O)[C@H]4O)c3n2)c1. The fraction of sp³-hybridized carbons (Fsp3) is 0.596. The van der Waals surface area contributed by atoms with Crippen molar-refractivity contribution in [2.24, 2.45) is 0 Å². The van der Waals surface area contributed by atoms with Gasteiger partial charge in [0.15, 0.2) is 34.0 Å². The van der Waals surface area contributed by atoms with Crippen LogP contribution in [0.15, 0.2) is 50.1 Å². The number of hydrogen-bond donors (Lipinski definition) is 11. The topological polar surface area (TPSA) is 386 Å². The number of aryl methyl sites for hydroxylation is 2. The van der Waals surface area contributed by atoms with Crippen LogP contribution in [0, 0.1) is 0 Å². The summed E-state index contributed by atoms with van der Waals surface area (Å²) in [5.74, 6) is 1.76. The van der Waals surface area contributed by atoms with Gasteiger partial charge in [-0.25, -0.2) is 24.7 Å². The molecule has 3 aliphatic carbocycles. The fourth-order valence-electron chi connectivity index (χ4n) is 12.0. The van der Waals surface area contributed by atoms with Gasteiger partial charge < -0.3 is 80.4 Å². The summed E-state index contributed by atoms with van der Waals surface area (Å²) in [5.41, 5.74) is 4.53. The molecule has 1 aliphatic heterocycles. The van der Waals surface area contributed by atoms with Gasteiger partial charge in [0.1, 0.15) is 47.9 Å². The molecule has 0 bridgehead atoms. The van der Waals surface area contributed by atoms with Gasteiger partial charge in [0.2, 0.25) is 11.9 Å². The van der Waals surface area contributed by atoms with Crippen LogP contribution in [0.4, 0.5) is 28.3 Å². The Hall–Kier alpha value is -7.97. The maximum Gasteiger partial charge on any atom is 0.317 e. The normalized spacial score (nSPS) is 25.0. The Kier molecular flexibility index (Phi) is 16.1. The summed E-state index contributed by atoms with van der Waals surface area (Å²) in [5, 5.41) is 98.8. The Morgan fingerprint density at radius 1 is 0.554 bits per heavy atom. The molecule has 4 fully saturated rings. The molecule has 12 rings (SSSR count). The van der Waals surface area contributed by atoms with Crippen molar-refractivity contribution in [3.63, 3.8) is 0 Å². The van der Waals surface area contributed by atoms with E-state index in [0.29, 0.717) is 109 Å². The molecule has 0 spiro atoms. The molecule has 11 N–H and O–H groups in total. The number of hydrogen-bond acceptors (Lipinski definition) is 23. The molecule has 0 radical (unpaired) electrons. The molecular weight excluding hydrogens is 1070 g/mol. The maximum absolute atomic E-state index is 13.9. The van der Waals surface area contributed by atoms with Crippen LogP contribution in [0.2, 0.25) is 0 Å². The first kappa shape index (κ1) is 55.6. The number of fused-ring (bicyclic) bond motifs is 2. The summed E-state index contributed by atoms with van der Waals surface area (Å²) in [6, 6.07) is -2.70. The van der Waals surface area contributed by atoms with Crippen LogP contribution in [0.3, 0.4) is 0 Å². The Morgan fingerprint density at radius 2 is 1.00 bits per heavy atom. The molecule has 3 saturated carbocycles. The summed E-state index contributed by atoms with van der Waals surface area (Å²) in [4.78, 5) is 56.6. The number of likely N-dealkylation sites (tertiary alicyclic amines) is 1. The number of aromatic nitrogens is 18. The van der Waals surface area contributed by atoms with Crippen LogP contribution in [-0.2, 0) is 39.1 Å². The van der Waals surface area contributed by atoms with E-state index in [9.17, 15) is 35.4 Å². The van der Waals surface area contributed by atoms with Gasteiger partial charge in [-0.3, -0.25) is 0 Å². The second-order valence-electron chi connectivity index (χ2n) is 22.1. The Labute approximate surface area is 475 Å². The number of carbonyl (C=O) groups is 1. The van der Waals surface area contributed by atoms with E-state index in [1.54, 1.807) is 21.8 Å². The van der Waals surface area contributed by atoms with Gasteiger partial charge in [0.05, 0.1) is 74.4 Å². The van der Waals surface area contributed by atoms with E-state index in [2.05, 4.69) is 70.8 Å². The van der Waals surface area contributed by atoms with E-state index < -0.39 is 48.6 Å². The van der Waals surface area contributed by atoms with Gasteiger partial charge in [-0.2, -0.15) is 49.9 Å². The number of rotatable bonds is 21. The number of piperidine rings is 1. The molecule has 8 aromatic rings. The van der Waals surface area contributed by atoms with Gasteiger partial charge >= 0.3 is 6.03 Å². The zero-order valence-corrected chi connectivity index (χ0v) is 46.3. The van der Waals surface area contributed by atoms with E-state index >= 15 is 0 Å². The molecule has 442 valence electrons. The minimum Gasteiger partial charge on any atom is -0.390 e. The number of aliphatic hydroxyl groups is 6. The number of imidazole rings is 4. The lowest BCUT2D eigenvalue weighted by Gasteiger charge is -2.35. The van der Waals surface area contributed by atoms with Crippen LogP contribution in [-0.4, -0.2) is 198 Å². The van der Waals surface area contributed by atoms with Gasteiger partial charge in [-0.05, 0) is 65.2 Å². The van der Waals surface area contributed by atoms with Crippen LogP contribution in [0.25, 0.3) is 22.3 Å². The first-order valence-corrected chi connectivity index (χ1v) is 28.8. The lowest BCUT2D eigenvalue weighted by Crippen LogP contribution is -2.50. The summed E-state index contributed by atoms with van der Waals surface area (Å²) in [6.45, 7) is 7.21. The van der Waals surface area contributed by atoms with Crippen molar-refractivity contribution in [3.8, 4) is 0 Å². The average Bonchev–Trinajstić information content (AvgIpc) is 4.58. The number of anilines is 4. The van der Waals surface area contributed by atoms with E-state index in [-0.39, 0.29) is 50.2 Å². The first-order chi connectivity index (χ1) is 40.4. The third kappa shape index (κ3) is 11.6. The summed E-state index contributed by atoms with van der Waals surface area (Å²) in [7, 11) is 0. The number of carbonyl (C=O) groups excluding carboxylic acids is 1. The second-order valence-corrected chi connectivity index (χ2v) is 22.1. The van der Waals surface area contributed by atoms with E-state index in [4.69, 9.17) is 29.9 Å². The molecule has 9 heterocycles. The minimum atomic E-state index is -1.19. The van der Waals surface area contributed by atoms with Crippen molar-refractivity contribution in [2.75, 3.05) is 47.4 Å². The van der Waals surface area contributed by atoms with Crippen molar-refractivity contribution < 1.29 is 35.4 Å². The monoisotopic (exact) mass is 1140 g/mol. The number of nitrogens with zero attached hydrogens (tertiary/aromatic N) is 19. The van der Waals surface area contributed by atoms with Gasteiger partial charge in [-0.1, -0.05) is 0 Å². The third-order valence-electron chi connectivity index (χ3n) is 16.8. The van der Waals surface area contributed by atoms with Crippen LogP contribution < -0.4 is 26.6 Å². The Bertz CT molecular complexity index is 3480. The maximum atomic E-state index is 13.9. The van der Waals surface area contributed by atoms with Crippen molar-refractivity contribution in [1.82, 2.24) is 98.3 Å². The highest BCUT2D eigenvalue weighted by Gasteiger charge is 2.47. The fourth-order valence-corrected chi connectivity index (χ4v) is 12.0. The average molecular weight is 1150 g/mol.